The van der Waals surface area contributed by atoms with Crippen LogP contribution in [-0.4, -0.2) is 19.7 Å². The van der Waals surface area contributed by atoms with Crippen LogP contribution < -0.4 is 11.2 Å². The van der Waals surface area contributed by atoms with Crippen molar-refractivity contribution in [2.75, 3.05) is 0 Å². The molecule has 0 radical (unpaired) electrons. The van der Waals surface area contributed by atoms with Crippen molar-refractivity contribution in [3.63, 3.8) is 0 Å². The van der Waals surface area contributed by atoms with Gasteiger partial charge in [-0.2, -0.15) is 0 Å². The molecule has 1 unspecified atom stereocenters. The van der Waals surface area contributed by atoms with E-state index >= 15 is 0 Å². The predicted octanol–water partition coefficient (Wildman–Crippen LogP) is 3.69. The molecule has 0 aliphatic rings. The SMILES string of the molecule is Cc1cc(C(N)Cn2nc(-c3[nH]c4ccc(F)cc4c(=O)c3C)nc2C)ccc1F. The molecule has 3 N–H and O–H groups in total. The van der Waals surface area contributed by atoms with Crippen molar-refractivity contribution in [1.29, 1.82) is 0 Å². The van der Waals surface area contributed by atoms with Gasteiger partial charge in [0.15, 0.2) is 11.3 Å². The number of pyridine rings is 1. The number of aromatic nitrogens is 4. The van der Waals surface area contributed by atoms with E-state index in [1.54, 1.807) is 37.6 Å². The number of nitrogens with two attached hydrogens (primary N) is 1. The van der Waals surface area contributed by atoms with Crippen LogP contribution in [0.3, 0.4) is 0 Å². The van der Waals surface area contributed by atoms with Crippen molar-refractivity contribution in [2.24, 2.45) is 5.73 Å². The monoisotopic (exact) mass is 409 g/mol. The highest BCUT2D eigenvalue weighted by Gasteiger charge is 2.18. The lowest BCUT2D eigenvalue weighted by molar-refractivity contribution is 0.514. The van der Waals surface area contributed by atoms with Crippen molar-refractivity contribution in [1.82, 2.24) is 19.7 Å². The molecule has 0 fully saturated rings. The first kappa shape index (κ1) is 19.9. The molecular formula is C22H21F2N5O. The second-order valence-electron chi connectivity index (χ2n) is 7.42. The predicted molar refractivity (Wildman–Crippen MR) is 111 cm³/mol. The van der Waals surface area contributed by atoms with Crippen LogP contribution in [0, 0.1) is 32.4 Å². The van der Waals surface area contributed by atoms with E-state index in [2.05, 4.69) is 15.1 Å². The Kier molecular flexibility index (Phi) is 4.95. The smallest absolute Gasteiger partial charge is 0.198 e. The Hall–Kier alpha value is -3.39. The van der Waals surface area contributed by atoms with Gasteiger partial charge in [0.2, 0.25) is 0 Å². The molecule has 2 heterocycles. The van der Waals surface area contributed by atoms with Gasteiger partial charge in [-0.25, -0.2) is 18.4 Å². The maximum Gasteiger partial charge on any atom is 0.198 e. The summed E-state index contributed by atoms with van der Waals surface area (Å²) in [6.07, 6.45) is 0. The first-order valence-electron chi connectivity index (χ1n) is 9.50. The second kappa shape index (κ2) is 7.46. The van der Waals surface area contributed by atoms with Crippen molar-refractivity contribution in [2.45, 2.75) is 33.4 Å². The van der Waals surface area contributed by atoms with Crippen LogP contribution in [0.4, 0.5) is 8.78 Å². The molecule has 0 aliphatic carbocycles. The number of hydrogen-bond donors (Lipinski definition) is 2. The number of fused-ring (bicyclic) bond motifs is 1. The number of halogens is 2. The van der Waals surface area contributed by atoms with E-state index in [9.17, 15) is 13.6 Å². The highest BCUT2D eigenvalue weighted by molar-refractivity contribution is 5.82. The molecule has 0 amide bonds. The molecule has 0 aliphatic heterocycles. The fourth-order valence-electron chi connectivity index (χ4n) is 3.47. The van der Waals surface area contributed by atoms with Gasteiger partial charge in [0, 0.05) is 17.0 Å². The molecule has 4 aromatic rings. The Morgan fingerprint density at radius 1 is 1.13 bits per heavy atom. The van der Waals surface area contributed by atoms with Gasteiger partial charge < -0.3 is 10.7 Å². The minimum Gasteiger partial charge on any atom is -0.351 e. The largest absolute Gasteiger partial charge is 0.351 e. The van der Waals surface area contributed by atoms with Crippen molar-refractivity contribution < 1.29 is 8.78 Å². The van der Waals surface area contributed by atoms with Gasteiger partial charge in [-0.3, -0.25) is 4.79 Å². The number of hydrogen-bond acceptors (Lipinski definition) is 4. The van der Waals surface area contributed by atoms with E-state index < -0.39 is 11.9 Å². The standard InChI is InChI=1S/C22H21F2N5O/c1-11-8-14(4-6-17(11)24)18(25)10-29-13(3)26-22(28-29)20-12(2)21(30)16-9-15(23)5-7-19(16)27-20/h4-9,18H,10,25H2,1-3H3,(H,27,30). The lowest BCUT2D eigenvalue weighted by Gasteiger charge is -2.13. The summed E-state index contributed by atoms with van der Waals surface area (Å²) in [5, 5.41) is 4.80. The summed E-state index contributed by atoms with van der Waals surface area (Å²) in [7, 11) is 0. The number of rotatable bonds is 4. The molecule has 4 rings (SSSR count). The van der Waals surface area contributed by atoms with E-state index in [1.807, 2.05) is 0 Å². The van der Waals surface area contributed by atoms with Crippen LogP contribution in [0.5, 0.6) is 0 Å². The molecule has 1 atom stereocenters. The molecule has 0 saturated heterocycles. The summed E-state index contributed by atoms with van der Waals surface area (Å²) in [4.78, 5) is 20.3. The van der Waals surface area contributed by atoms with E-state index in [0.717, 1.165) is 5.56 Å². The van der Waals surface area contributed by atoms with Gasteiger partial charge in [-0.15, -0.1) is 5.10 Å². The Balaban J connectivity index is 1.70. The van der Waals surface area contributed by atoms with Gasteiger partial charge in [0.25, 0.3) is 0 Å². The van der Waals surface area contributed by atoms with Crippen LogP contribution in [-0.2, 0) is 6.54 Å². The summed E-state index contributed by atoms with van der Waals surface area (Å²) in [5.74, 6) is 0.235. The first-order chi connectivity index (χ1) is 14.2. The van der Waals surface area contributed by atoms with Crippen LogP contribution >= 0.6 is 0 Å². The lowest BCUT2D eigenvalue weighted by Crippen LogP contribution is -2.19. The summed E-state index contributed by atoms with van der Waals surface area (Å²) >= 11 is 0. The minimum atomic E-state index is -0.469. The van der Waals surface area contributed by atoms with Gasteiger partial charge in [-0.1, -0.05) is 12.1 Å². The van der Waals surface area contributed by atoms with Crippen LogP contribution in [0.15, 0.2) is 41.2 Å². The molecule has 6 nitrogen and oxygen atoms in total. The zero-order chi connectivity index (χ0) is 21.6. The number of nitrogens with zero attached hydrogens (tertiary/aromatic N) is 3. The molecule has 0 saturated carbocycles. The van der Waals surface area contributed by atoms with Crippen LogP contribution in [0.25, 0.3) is 22.4 Å². The summed E-state index contributed by atoms with van der Waals surface area (Å²) in [6.45, 7) is 5.48. The maximum atomic E-state index is 13.5. The molecule has 2 aromatic carbocycles. The molecule has 0 bridgehead atoms. The number of H-pyrrole nitrogens is 1. The Morgan fingerprint density at radius 3 is 2.63 bits per heavy atom. The minimum absolute atomic E-state index is 0.272. The summed E-state index contributed by atoms with van der Waals surface area (Å²) in [5.41, 5.74) is 8.74. The topological polar surface area (TPSA) is 89.6 Å². The van der Waals surface area contributed by atoms with Gasteiger partial charge >= 0.3 is 0 Å². The third kappa shape index (κ3) is 3.50. The molecule has 2 aromatic heterocycles. The number of aryl methyl sites for hydroxylation is 2. The number of benzene rings is 2. The van der Waals surface area contributed by atoms with Gasteiger partial charge in [0.05, 0.1) is 17.8 Å². The molecule has 154 valence electrons. The van der Waals surface area contributed by atoms with E-state index in [0.29, 0.717) is 40.5 Å². The Morgan fingerprint density at radius 2 is 1.90 bits per heavy atom. The zero-order valence-corrected chi connectivity index (χ0v) is 16.8. The molecular weight excluding hydrogens is 388 g/mol. The third-order valence-corrected chi connectivity index (χ3v) is 5.26. The highest BCUT2D eigenvalue weighted by Crippen LogP contribution is 2.22. The molecule has 30 heavy (non-hydrogen) atoms. The number of nitrogens with one attached hydrogen (secondary N) is 1. The number of aromatic amines is 1. The van der Waals surface area contributed by atoms with Crippen LogP contribution in [0.2, 0.25) is 0 Å². The highest BCUT2D eigenvalue weighted by atomic mass is 19.1. The quantitative estimate of drug-likeness (QED) is 0.538. The van der Waals surface area contributed by atoms with E-state index in [1.165, 1.54) is 24.3 Å². The second-order valence-corrected chi connectivity index (χ2v) is 7.42. The van der Waals surface area contributed by atoms with Gasteiger partial charge in [0.1, 0.15) is 17.5 Å². The fraction of sp³-hybridized carbons (Fsp3) is 0.227. The average molecular weight is 409 g/mol. The molecule has 8 heteroatoms. The lowest BCUT2D eigenvalue weighted by atomic mass is 10.0. The summed E-state index contributed by atoms with van der Waals surface area (Å²) in [6, 6.07) is 8.39. The average Bonchev–Trinajstić information content (AvgIpc) is 3.07. The van der Waals surface area contributed by atoms with Crippen molar-refractivity contribution in [3.8, 4) is 11.5 Å². The fourth-order valence-corrected chi connectivity index (χ4v) is 3.47. The Bertz CT molecular complexity index is 1330. The van der Waals surface area contributed by atoms with Gasteiger partial charge in [-0.05, 0) is 56.2 Å². The summed E-state index contributed by atoms with van der Waals surface area (Å²) < 4.78 is 28.7. The normalized spacial score (nSPS) is 12.5. The third-order valence-electron chi connectivity index (χ3n) is 5.26. The van der Waals surface area contributed by atoms with Crippen molar-refractivity contribution in [3.05, 3.63) is 80.8 Å². The maximum absolute atomic E-state index is 13.5. The first-order valence-corrected chi connectivity index (χ1v) is 9.50. The Labute approximate surface area is 171 Å². The zero-order valence-electron chi connectivity index (χ0n) is 16.8. The van der Waals surface area contributed by atoms with E-state index in [4.69, 9.17) is 5.73 Å². The van der Waals surface area contributed by atoms with Crippen LogP contribution in [0.1, 0.15) is 28.6 Å². The van der Waals surface area contributed by atoms with Crippen molar-refractivity contribution >= 4 is 10.9 Å². The molecule has 0 spiro atoms. The van der Waals surface area contributed by atoms with E-state index in [-0.39, 0.29) is 16.6 Å².